The molecule has 0 aliphatic carbocycles. The minimum absolute atomic E-state index is 0.0591. The zero-order chi connectivity index (χ0) is 12.8. The highest BCUT2D eigenvalue weighted by Crippen LogP contribution is 2.26. The van der Waals surface area contributed by atoms with Crippen LogP contribution in [-0.2, 0) is 14.3 Å². The van der Waals surface area contributed by atoms with Crippen molar-refractivity contribution in [3.8, 4) is 0 Å². The highest BCUT2D eigenvalue weighted by atomic mass is 79.9. The maximum Gasteiger partial charge on any atom is 0.308 e. The molecule has 0 spiro atoms. The summed E-state index contributed by atoms with van der Waals surface area (Å²) in [5, 5.41) is 0.380. The summed E-state index contributed by atoms with van der Waals surface area (Å²) in [5.74, 6) is 0.301. The molecule has 5 heteroatoms. The lowest BCUT2D eigenvalue weighted by Crippen LogP contribution is -2.41. The number of ether oxygens (including phenoxy) is 1. The number of piperidine rings is 1. The first-order chi connectivity index (χ1) is 8.10. The maximum absolute atomic E-state index is 11.6. The molecule has 0 aromatic heterocycles. The molecule has 17 heavy (non-hydrogen) atoms. The Kier molecular flexibility index (Phi) is 5.95. The number of hydrogen-bond donors (Lipinski definition) is 0. The van der Waals surface area contributed by atoms with E-state index in [-0.39, 0.29) is 17.8 Å². The first-order valence-electron chi connectivity index (χ1n) is 6.10. The summed E-state index contributed by atoms with van der Waals surface area (Å²) in [4.78, 5) is 24.9. The van der Waals surface area contributed by atoms with E-state index in [1.807, 2.05) is 18.7 Å². The van der Waals surface area contributed by atoms with E-state index in [0.29, 0.717) is 17.9 Å². The maximum atomic E-state index is 11.6. The summed E-state index contributed by atoms with van der Waals surface area (Å²) in [6.07, 6.45) is 1.78. The van der Waals surface area contributed by atoms with Crippen LogP contribution < -0.4 is 0 Å². The lowest BCUT2D eigenvalue weighted by molar-refractivity contribution is -0.150. The third-order valence-corrected chi connectivity index (χ3v) is 3.85. The van der Waals surface area contributed by atoms with E-state index < -0.39 is 0 Å². The second-order valence-electron chi connectivity index (χ2n) is 4.39. The standard InChI is InChI=1S/C12H20BrNO3/c1-3-17-12(16)9(2)10-4-6-14(7-5-10)11(15)8-13/h9-10H,3-8H2,1-2H3. The van der Waals surface area contributed by atoms with Crippen LogP contribution in [-0.4, -0.2) is 41.8 Å². The lowest BCUT2D eigenvalue weighted by atomic mass is 9.85. The molecule has 1 aliphatic rings. The Balaban J connectivity index is 2.41. The van der Waals surface area contributed by atoms with Crippen molar-refractivity contribution < 1.29 is 14.3 Å². The van der Waals surface area contributed by atoms with E-state index in [4.69, 9.17) is 4.74 Å². The zero-order valence-electron chi connectivity index (χ0n) is 10.4. The Morgan fingerprint density at radius 3 is 2.47 bits per heavy atom. The number of carbonyl (C=O) groups is 2. The number of alkyl halides is 1. The van der Waals surface area contributed by atoms with Crippen LogP contribution in [0.3, 0.4) is 0 Å². The molecular formula is C12H20BrNO3. The van der Waals surface area contributed by atoms with Crippen molar-refractivity contribution in [3.63, 3.8) is 0 Å². The number of rotatable bonds is 4. The molecule has 0 bridgehead atoms. The van der Waals surface area contributed by atoms with Gasteiger partial charge in [0.1, 0.15) is 0 Å². The number of nitrogens with zero attached hydrogens (tertiary/aromatic N) is 1. The molecular weight excluding hydrogens is 286 g/mol. The lowest BCUT2D eigenvalue weighted by Gasteiger charge is -2.33. The second-order valence-corrected chi connectivity index (χ2v) is 4.95. The normalized spacial score (nSPS) is 18.9. The van der Waals surface area contributed by atoms with Crippen molar-refractivity contribution in [2.24, 2.45) is 11.8 Å². The molecule has 0 radical (unpaired) electrons. The van der Waals surface area contributed by atoms with Crippen molar-refractivity contribution in [1.29, 1.82) is 0 Å². The molecule has 1 aliphatic heterocycles. The number of likely N-dealkylation sites (tertiary alicyclic amines) is 1. The molecule has 0 saturated carbocycles. The zero-order valence-corrected chi connectivity index (χ0v) is 12.0. The highest BCUT2D eigenvalue weighted by molar-refractivity contribution is 9.09. The Morgan fingerprint density at radius 2 is 2.00 bits per heavy atom. The summed E-state index contributed by atoms with van der Waals surface area (Å²) in [7, 11) is 0. The van der Waals surface area contributed by atoms with Gasteiger partial charge in [-0.1, -0.05) is 22.9 Å². The predicted molar refractivity (Wildman–Crippen MR) is 68.9 cm³/mol. The molecule has 1 fully saturated rings. The largest absolute Gasteiger partial charge is 0.466 e. The Bertz CT molecular complexity index is 275. The number of hydrogen-bond acceptors (Lipinski definition) is 3. The molecule has 1 rings (SSSR count). The van der Waals surface area contributed by atoms with Gasteiger partial charge in [0.15, 0.2) is 0 Å². The molecule has 1 saturated heterocycles. The van der Waals surface area contributed by atoms with Crippen LogP contribution in [0, 0.1) is 11.8 Å². The minimum atomic E-state index is -0.113. The molecule has 0 N–H and O–H groups in total. The van der Waals surface area contributed by atoms with Crippen LogP contribution in [0.1, 0.15) is 26.7 Å². The number of esters is 1. The van der Waals surface area contributed by atoms with E-state index in [9.17, 15) is 9.59 Å². The second kappa shape index (κ2) is 6.99. The van der Waals surface area contributed by atoms with Crippen molar-refractivity contribution in [2.45, 2.75) is 26.7 Å². The molecule has 1 unspecified atom stereocenters. The van der Waals surface area contributed by atoms with E-state index in [2.05, 4.69) is 15.9 Å². The average molecular weight is 306 g/mol. The highest BCUT2D eigenvalue weighted by Gasteiger charge is 2.30. The third kappa shape index (κ3) is 3.98. The van der Waals surface area contributed by atoms with Crippen molar-refractivity contribution in [3.05, 3.63) is 0 Å². The van der Waals surface area contributed by atoms with Gasteiger partial charge in [0.25, 0.3) is 0 Å². The van der Waals surface area contributed by atoms with Gasteiger partial charge in [-0.2, -0.15) is 0 Å². The first kappa shape index (κ1) is 14.5. The van der Waals surface area contributed by atoms with Crippen LogP contribution in [0.15, 0.2) is 0 Å². The molecule has 1 amide bonds. The van der Waals surface area contributed by atoms with Gasteiger partial charge in [0.05, 0.1) is 17.9 Å². The predicted octanol–water partition coefficient (Wildman–Crippen LogP) is 1.82. The first-order valence-corrected chi connectivity index (χ1v) is 7.22. The monoisotopic (exact) mass is 305 g/mol. The SMILES string of the molecule is CCOC(=O)C(C)C1CCN(C(=O)CBr)CC1. The fourth-order valence-corrected chi connectivity index (χ4v) is 2.55. The summed E-state index contributed by atoms with van der Waals surface area (Å²) in [6.45, 7) is 5.67. The quantitative estimate of drug-likeness (QED) is 0.588. The minimum Gasteiger partial charge on any atom is -0.466 e. The van der Waals surface area contributed by atoms with E-state index >= 15 is 0 Å². The number of halogens is 1. The fourth-order valence-electron chi connectivity index (χ4n) is 2.20. The van der Waals surface area contributed by atoms with Crippen molar-refractivity contribution >= 4 is 27.8 Å². The molecule has 98 valence electrons. The van der Waals surface area contributed by atoms with Crippen molar-refractivity contribution in [1.82, 2.24) is 4.90 Å². The van der Waals surface area contributed by atoms with Gasteiger partial charge >= 0.3 is 5.97 Å². The van der Waals surface area contributed by atoms with Crippen LogP contribution in [0.2, 0.25) is 0 Å². The molecule has 0 aromatic carbocycles. The topological polar surface area (TPSA) is 46.6 Å². The summed E-state index contributed by atoms with van der Waals surface area (Å²) < 4.78 is 5.03. The van der Waals surface area contributed by atoms with Crippen LogP contribution in [0.5, 0.6) is 0 Å². The molecule has 1 atom stereocenters. The van der Waals surface area contributed by atoms with Gasteiger partial charge in [0.2, 0.25) is 5.91 Å². The van der Waals surface area contributed by atoms with Crippen LogP contribution in [0.25, 0.3) is 0 Å². The Labute approximate surface area is 111 Å². The summed E-state index contributed by atoms with van der Waals surface area (Å²) in [5.41, 5.74) is 0. The van der Waals surface area contributed by atoms with Gasteiger partial charge in [-0.25, -0.2) is 0 Å². The van der Waals surface area contributed by atoms with E-state index in [1.54, 1.807) is 0 Å². The van der Waals surface area contributed by atoms with Gasteiger partial charge < -0.3 is 9.64 Å². The van der Waals surface area contributed by atoms with Gasteiger partial charge in [0, 0.05) is 13.1 Å². The fraction of sp³-hybridized carbons (Fsp3) is 0.833. The van der Waals surface area contributed by atoms with Crippen LogP contribution >= 0.6 is 15.9 Å². The smallest absolute Gasteiger partial charge is 0.308 e. The Hall–Kier alpha value is -0.580. The molecule has 4 nitrogen and oxygen atoms in total. The van der Waals surface area contributed by atoms with Crippen molar-refractivity contribution in [2.75, 3.05) is 25.0 Å². The average Bonchev–Trinajstić information content (AvgIpc) is 2.37. The Morgan fingerprint density at radius 1 is 1.41 bits per heavy atom. The summed E-state index contributed by atoms with van der Waals surface area (Å²) >= 11 is 3.17. The van der Waals surface area contributed by atoms with Gasteiger partial charge in [-0.3, -0.25) is 9.59 Å². The molecule has 1 heterocycles. The molecule has 0 aromatic rings. The number of carbonyl (C=O) groups excluding carboxylic acids is 2. The van der Waals surface area contributed by atoms with Gasteiger partial charge in [-0.15, -0.1) is 0 Å². The summed E-state index contributed by atoms with van der Waals surface area (Å²) in [6, 6.07) is 0. The van der Waals surface area contributed by atoms with E-state index in [1.165, 1.54) is 0 Å². The third-order valence-electron chi connectivity index (χ3n) is 3.37. The van der Waals surface area contributed by atoms with E-state index in [0.717, 1.165) is 25.9 Å². The van der Waals surface area contributed by atoms with Crippen LogP contribution in [0.4, 0.5) is 0 Å². The number of amides is 1. The van der Waals surface area contributed by atoms with Gasteiger partial charge in [-0.05, 0) is 25.7 Å².